The summed E-state index contributed by atoms with van der Waals surface area (Å²) >= 11 is 1.58. The van der Waals surface area contributed by atoms with E-state index in [2.05, 4.69) is 30.7 Å². The van der Waals surface area contributed by atoms with Gasteiger partial charge < -0.3 is 20.7 Å². The van der Waals surface area contributed by atoms with Crippen LogP contribution in [0.5, 0.6) is 0 Å². The third-order valence-electron chi connectivity index (χ3n) is 7.12. The highest BCUT2D eigenvalue weighted by molar-refractivity contribution is 7.17. The number of nitrogens with zero attached hydrogens (tertiary/aromatic N) is 3. The average molecular weight is 471 g/mol. The number of thiophene rings is 1. The van der Waals surface area contributed by atoms with Gasteiger partial charge in [0, 0.05) is 30.0 Å². The monoisotopic (exact) mass is 470 g/mol. The van der Waals surface area contributed by atoms with Crippen LogP contribution < -0.4 is 16.0 Å². The maximum absolute atomic E-state index is 13.3. The maximum atomic E-state index is 13.3. The zero-order valence-electron chi connectivity index (χ0n) is 18.6. The number of amides is 2. The molecule has 3 N–H and O–H groups in total. The third-order valence-corrected chi connectivity index (χ3v) is 8.33. The van der Waals surface area contributed by atoms with E-state index in [1.54, 1.807) is 17.7 Å². The summed E-state index contributed by atoms with van der Waals surface area (Å²) in [5.41, 5.74) is 1.74. The van der Waals surface area contributed by atoms with Crippen LogP contribution in [-0.4, -0.2) is 52.4 Å². The Morgan fingerprint density at radius 1 is 1.18 bits per heavy atom. The first-order valence-electron chi connectivity index (χ1n) is 12.1. The van der Waals surface area contributed by atoms with Gasteiger partial charge in [0.25, 0.3) is 5.91 Å². The van der Waals surface area contributed by atoms with Gasteiger partial charge in [-0.1, -0.05) is 0 Å². The van der Waals surface area contributed by atoms with Gasteiger partial charge in [0.15, 0.2) is 0 Å². The first kappa shape index (κ1) is 21.1. The number of ether oxygens (including phenoxy) is 1. The van der Waals surface area contributed by atoms with Crippen LogP contribution in [0.15, 0.2) is 6.33 Å². The van der Waals surface area contributed by atoms with Gasteiger partial charge in [-0.3, -0.25) is 14.2 Å². The molecule has 9 nitrogen and oxygen atoms in total. The smallest absolute Gasteiger partial charge is 0.254 e. The lowest BCUT2D eigenvalue weighted by Gasteiger charge is -2.26. The van der Waals surface area contributed by atoms with Crippen molar-refractivity contribution >= 4 is 34.1 Å². The second-order valence-corrected chi connectivity index (χ2v) is 10.9. The van der Waals surface area contributed by atoms with Crippen molar-refractivity contribution < 1.29 is 14.3 Å². The summed E-state index contributed by atoms with van der Waals surface area (Å²) in [5, 5.41) is 18.9. The van der Waals surface area contributed by atoms with Gasteiger partial charge in [0.05, 0.1) is 18.2 Å². The van der Waals surface area contributed by atoms with Gasteiger partial charge in [-0.15, -0.1) is 21.5 Å². The summed E-state index contributed by atoms with van der Waals surface area (Å²) in [7, 11) is 0. The van der Waals surface area contributed by atoms with Crippen molar-refractivity contribution in [3.8, 4) is 0 Å². The van der Waals surface area contributed by atoms with Crippen molar-refractivity contribution in [2.75, 3.05) is 30.4 Å². The Kier molecular flexibility index (Phi) is 5.57. The quantitative estimate of drug-likeness (QED) is 0.547. The van der Waals surface area contributed by atoms with Crippen LogP contribution in [0.3, 0.4) is 0 Å². The Morgan fingerprint density at radius 3 is 2.82 bits per heavy atom. The Balaban J connectivity index is 1.25. The Morgan fingerprint density at radius 2 is 2.06 bits per heavy atom. The van der Waals surface area contributed by atoms with E-state index >= 15 is 0 Å². The topological polar surface area (TPSA) is 110 Å². The molecule has 6 rings (SSSR count). The largest absolute Gasteiger partial charge is 0.379 e. The van der Waals surface area contributed by atoms with Crippen LogP contribution in [0.1, 0.15) is 65.4 Å². The summed E-state index contributed by atoms with van der Waals surface area (Å²) in [6.45, 7) is 2.16. The molecule has 2 saturated carbocycles. The molecule has 0 spiro atoms. The molecular weight excluding hydrogens is 440 g/mol. The van der Waals surface area contributed by atoms with Gasteiger partial charge >= 0.3 is 0 Å². The third kappa shape index (κ3) is 4.50. The van der Waals surface area contributed by atoms with Crippen LogP contribution >= 0.6 is 11.3 Å². The lowest BCUT2D eigenvalue weighted by Crippen LogP contribution is -2.29. The predicted molar refractivity (Wildman–Crippen MR) is 125 cm³/mol. The lowest BCUT2D eigenvalue weighted by molar-refractivity contribution is -0.117. The fourth-order valence-electron chi connectivity index (χ4n) is 4.78. The molecular formula is C23H30N6O3S. The molecule has 0 aromatic carbocycles. The second-order valence-electron chi connectivity index (χ2n) is 9.79. The van der Waals surface area contributed by atoms with Crippen LogP contribution in [0, 0.1) is 11.8 Å². The van der Waals surface area contributed by atoms with E-state index in [4.69, 9.17) is 4.74 Å². The minimum atomic E-state index is -0.0589. The number of aromatic nitrogens is 3. The molecule has 2 atom stereocenters. The van der Waals surface area contributed by atoms with E-state index in [0.717, 1.165) is 61.6 Å². The molecule has 176 valence electrons. The first-order valence-corrected chi connectivity index (χ1v) is 12.9. The molecule has 3 aliphatic carbocycles. The number of hydrogen-bond acceptors (Lipinski definition) is 7. The first-order chi connectivity index (χ1) is 16.2. The summed E-state index contributed by atoms with van der Waals surface area (Å²) in [6.07, 6.45) is 9.54. The summed E-state index contributed by atoms with van der Waals surface area (Å²) < 4.78 is 7.59. The van der Waals surface area contributed by atoms with E-state index in [-0.39, 0.29) is 29.8 Å². The Bertz CT molecular complexity index is 1050. The molecule has 10 heteroatoms. The molecule has 3 fully saturated rings. The highest BCUT2D eigenvalue weighted by Crippen LogP contribution is 2.42. The predicted octanol–water partition coefficient (Wildman–Crippen LogP) is 2.76. The molecule has 4 aliphatic rings. The van der Waals surface area contributed by atoms with Gasteiger partial charge in [0.1, 0.15) is 11.3 Å². The fraction of sp³-hybridized carbons (Fsp3) is 0.652. The van der Waals surface area contributed by atoms with Crippen LogP contribution in [-0.2, 0) is 22.4 Å². The normalized spacial score (nSPS) is 24.4. The van der Waals surface area contributed by atoms with Crippen LogP contribution in [0.25, 0.3) is 0 Å². The minimum Gasteiger partial charge on any atom is -0.379 e. The van der Waals surface area contributed by atoms with E-state index in [0.29, 0.717) is 24.6 Å². The second kappa shape index (κ2) is 8.72. The summed E-state index contributed by atoms with van der Waals surface area (Å²) in [6, 6.07) is 0.412. The molecule has 1 aliphatic heterocycles. The Labute approximate surface area is 196 Å². The highest BCUT2D eigenvalue weighted by Gasteiger charge is 2.35. The van der Waals surface area contributed by atoms with Gasteiger partial charge in [-0.25, -0.2) is 0 Å². The zero-order valence-corrected chi connectivity index (χ0v) is 19.5. The molecule has 3 heterocycles. The highest BCUT2D eigenvalue weighted by atomic mass is 32.1. The summed E-state index contributed by atoms with van der Waals surface area (Å²) in [4.78, 5) is 27.0. The van der Waals surface area contributed by atoms with Crippen molar-refractivity contribution in [2.24, 2.45) is 11.8 Å². The molecule has 2 aromatic rings. The van der Waals surface area contributed by atoms with Crippen molar-refractivity contribution in [1.82, 2.24) is 20.1 Å². The molecule has 2 amide bonds. The molecule has 33 heavy (non-hydrogen) atoms. The fourth-order valence-corrected chi connectivity index (χ4v) is 6.03. The van der Waals surface area contributed by atoms with Crippen molar-refractivity contribution in [3.05, 3.63) is 22.3 Å². The van der Waals surface area contributed by atoms with E-state index in [9.17, 15) is 9.59 Å². The molecule has 2 aromatic heterocycles. The number of anilines is 2. The molecule has 0 bridgehead atoms. The van der Waals surface area contributed by atoms with Gasteiger partial charge in [-0.2, -0.15) is 0 Å². The summed E-state index contributed by atoms with van der Waals surface area (Å²) in [5.74, 6) is 1.45. The number of carbonyl (C=O) groups excluding carboxylic acids is 2. The average Bonchev–Trinajstić information content (AvgIpc) is 3.70. The standard InChI is InChI=1S/C23H30N6O3S/c30-20(14-3-4-14)27-22-19(21(31)24-10-13-1-2-13)17-9-16(5-6-18(17)33-22)29-12-25-28-23(29)26-15-7-8-32-11-15/h12-16H,1-11H2,(H,24,31)(H,26,28)(H,27,30)/t15?,16-/m1/s1. The number of fused-ring (bicyclic) bond motifs is 1. The van der Waals surface area contributed by atoms with Crippen molar-refractivity contribution in [3.63, 3.8) is 0 Å². The van der Waals surface area contributed by atoms with E-state index < -0.39 is 0 Å². The van der Waals surface area contributed by atoms with E-state index in [1.807, 2.05) is 0 Å². The SMILES string of the molecule is O=C(NCC1CC1)c1c(NC(=O)C2CC2)sc2c1C[C@H](n1cnnc1NC1CCOC1)CC2. The van der Waals surface area contributed by atoms with E-state index in [1.165, 1.54) is 17.7 Å². The van der Waals surface area contributed by atoms with Gasteiger partial charge in [0.2, 0.25) is 11.9 Å². The Hall–Kier alpha value is -2.46. The zero-order chi connectivity index (χ0) is 22.4. The molecule has 1 saturated heterocycles. The number of rotatable bonds is 8. The number of aryl methyl sites for hydroxylation is 1. The van der Waals surface area contributed by atoms with Crippen molar-refractivity contribution in [2.45, 2.75) is 63.5 Å². The minimum absolute atomic E-state index is 0.0467. The van der Waals surface area contributed by atoms with Gasteiger partial charge in [-0.05, 0) is 62.8 Å². The number of nitrogens with one attached hydrogen (secondary N) is 3. The van der Waals surface area contributed by atoms with Crippen LogP contribution in [0.2, 0.25) is 0 Å². The number of carbonyl (C=O) groups is 2. The van der Waals surface area contributed by atoms with Crippen molar-refractivity contribution in [1.29, 1.82) is 0 Å². The maximum Gasteiger partial charge on any atom is 0.254 e. The van der Waals surface area contributed by atoms with Crippen LogP contribution in [0.4, 0.5) is 10.9 Å². The molecule has 0 radical (unpaired) electrons. The number of hydrogen-bond donors (Lipinski definition) is 3. The molecule has 1 unspecified atom stereocenters. The lowest BCUT2D eigenvalue weighted by atomic mass is 9.91.